The minimum atomic E-state index is -3.61. The van der Waals surface area contributed by atoms with E-state index in [1.54, 1.807) is 17.0 Å². The van der Waals surface area contributed by atoms with Crippen LogP contribution in [-0.2, 0) is 14.8 Å². The lowest BCUT2D eigenvalue weighted by Gasteiger charge is -2.38. The Bertz CT molecular complexity index is 859. The summed E-state index contributed by atoms with van der Waals surface area (Å²) in [5, 5.41) is 0. The highest BCUT2D eigenvalue weighted by Crippen LogP contribution is 2.28. The molecule has 0 bridgehead atoms. The molecular formula is C21H32N4O4S. The van der Waals surface area contributed by atoms with Gasteiger partial charge in [0.2, 0.25) is 15.9 Å². The zero-order valence-electron chi connectivity index (χ0n) is 17.8. The van der Waals surface area contributed by atoms with Gasteiger partial charge < -0.3 is 10.6 Å². The van der Waals surface area contributed by atoms with Gasteiger partial charge in [0.25, 0.3) is 5.91 Å². The number of rotatable bonds is 7. The number of nitrogens with zero attached hydrogens (tertiary/aromatic N) is 3. The fourth-order valence-electron chi connectivity index (χ4n) is 4.56. The molecule has 2 N–H and O–H groups in total. The van der Waals surface area contributed by atoms with Crippen molar-refractivity contribution in [2.45, 2.75) is 56.5 Å². The highest BCUT2D eigenvalue weighted by molar-refractivity contribution is 7.89. The van der Waals surface area contributed by atoms with E-state index in [-0.39, 0.29) is 28.8 Å². The van der Waals surface area contributed by atoms with Crippen molar-refractivity contribution in [2.75, 3.05) is 32.7 Å². The molecule has 1 unspecified atom stereocenters. The summed E-state index contributed by atoms with van der Waals surface area (Å²) in [6.07, 6.45) is 3.10. The first-order chi connectivity index (χ1) is 14.3. The van der Waals surface area contributed by atoms with Crippen LogP contribution < -0.4 is 5.73 Å². The quantitative estimate of drug-likeness (QED) is 0.693. The van der Waals surface area contributed by atoms with E-state index in [0.29, 0.717) is 44.6 Å². The molecule has 9 heteroatoms. The maximum atomic E-state index is 13.1. The van der Waals surface area contributed by atoms with Crippen molar-refractivity contribution in [1.82, 2.24) is 14.1 Å². The van der Waals surface area contributed by atoms with Gasteiger partial charge in [-0.05, 0) is 70.3 Å². The number of hydrogen-bond donors (Lipinski definition) is 1. The van der Waals surface area contributed by atoms with Gasteiger partial charge in [-0.15, -0.1) is 0 Å². The summed E-state index contributed by atoms with van der Waals surface area (Å²) in [5.74, 6) is -0.388. The molecule has 0 radical (unpaired) electrons. The Morgan fingerprint density at radius 3 is 2.17 bits per heavy atom. The van der Waals surface area contributed by atoms with E-state index >= 15 is 0 Å². The molecule has 0 spiro atoms. The van der Waals surface area contributed by atoms with Gasteiger partial charge in [-0.1, -0.05) is 0 Å². The van der Waals surface area contributed by atoms with Crippen LogP contribution in [0.1, 0.15) is 49.9 Å². The second-order valence-electron chi connectivity index (χ2n) is 7.94. The number of carbonyl (C=O) groups excluding carboxylic acids is 2. The third-order valence-corrected chi connectivity index (χ3v) is 8.22. The molecule has 2 fully saturated rings. The fraction of sp³-hybridized carbons (Fsp3) is 0.619. The predicted octanol–water partition coefficient (Wildman–Crippen LogP) is 1.27. The smallest absolute Gasteiger partial charge is 0.253 e. The lowest BCUT2D eigenvalue weighted by molar-refractivity contribution is -0.123. The third-order valence-electron chi connectivity index (χ3n) is 6.30. The van der Waals surface area contributed by atoms with E-state index in [1.807, 2.05) is 13.8 Å². The SMILES string of the molecule is CCN(CC)C(=O)c1ccc(S(=O)(=O)N2CCC(N3CCCC3C(N)=O)CC2)cc1. The molecule has 0 aliphatic carbocycles. The second kappa shape index (κ2) is 9.45. The van der Waals surface area contributed by atoms with Crippen LogP contribution in [0, 0.1) is 0 Å². The summed E-state index contributed by atoms with van der Waals surface area (Å²) >= 11 is 0. The summed E-state index contributed by atoms with van der Waals surface area (Å²) in [4.78, 5) is 28.2. The maximum absolute atomic E-state index is 13.1. The lowest BCUT2D eigenvalue weighted by atomic mass is 10.0. The molecule has 2 heterocycles. The van der Waals surface area contributed by atoms with E-state index in [4.69, 9.17) is 5.73 Å². The van der Waals surface area contributed by atoms with Crippen LogP contribution in [0.5, 0.6) is 0 Å². The van der Waals surface area contributed by atoms with Crippen LogP contribution in [0.15, 0.2) is 29.2 Å². The molecule has 166 valence electrons. The average Bonchev–Trinajstić information content (AvgIpc) is 3.25. The second-order valence-corrected chi connectivity index (χ2v) is 9.87. The van der Waals surface area contributed by atoms with E-state index < -0.39 is 10.0 Å². The molecule has 1 atom stereocenters. The predicted molar refractivity (Wildman–Crippen MR) is 114 cm³/mol. The Labute approximate surface area is 179 Å². The Morgan fingerprint density at radius 1 is 1.03 bits per heavy atom. The van der Waals surface area contributed by atoms with Crippen molar-refractivity contribution in [3.63, 3.8) is 0 Å². The van der Waals surface area contributed by atoms with Crippen molar-refractivity contribution in [3.05, 3.63) is 29.8 Å². The van der Waals surface area contributed by atoms with Gasteiger partial charge >= 0.3 is 0 Å². The van der Waals surface area contributed by atoms with Gasteiger partial charge in [-0.25, -0.2) is 8.42 Å². The number of benzene rings is 1. The molecule has 2 saturated heterocycles. The molecule has 2 aliphatic heterocycles. The zero-order chi connectivity index (χ0) is 21.9. The molecule has 8 nitrogen and oxygen atoms in total. The number of carbonyl (C=O) groups is 2. The Balaban J connectivity index is 1.65. The van der Waals surface area contributed by atoms with E-state index in [9.17, 15) is 18.0 Å². The minimum absolute atomic E-state index is 0.0978. The largest absolute Gasteiger partial charge is 0.368 e. The molecule has 1 aromatic carbocycles. The molecule has 3 rings (SSSR count). The van der Waals surface area contributed by atoms with Gasteiger partial charge in [0.1, 0.15) is 0 Å². The number of likely N-dealkylation sites (tertiary alicyclic amines) is 1. The molecule has 0 aromatic heterocycles. The zero-order valence-corrected chi connectivity index (χ0v) is 18.6. The van der Waals surface area contributed by atoms with Crippen LogP contribution >= 0.6 is 0 Å². The van der Waals surface area contributed by atoms with Crippen LogP contribution in [0.25, 0.3) is 0 Å². The first-order valence-corrected chi connectivity index (χ1v) is 12.2. The molecule has 2 aliphatic rings. The van der Waals surface area contributed by atoms with E-state index in [2.05, 4.69) is 4.90 Å². The standard InChI is InChI=1S/C21H32N4O4S/c1-3-23(4-2)21(27)16-7-9-18(10-8-16)30(28,29)24-14-11-17(12-15-24)25-13-5-6-19(25)20(22)26/h7-10,17,19H,3-6,11-15H2,1-2H3,(H2,22,26). The lowest BCUT2D eigenvalue weighted by Crippen LogP contribution is -2.51. The van der Waals surface area contributed by atoms with Crippen LogP contribution in [0.2, 0.25) is 0 Å². The number of piperidine rings is 1. The van der Waals surface area contributed by atoms with Crippen LogP contribution in [0.4, 0.5) is 0 Å². The average molecular weight is 437 g/mol. The number of hydrogen-bond acceptors (Lipinski definition) is 5. The highest BCUT2D eigenvalue weighted by Gasteiger charge is 2.37. The van der Waals surface area contributed by atoms with Gasteiger partial charge in [0.05, 0.1) is 10.9 Å². The Hall–Kier alpha value is -1.97. The summed E-state index contributed by atoms with van der Waals surface area (Å²) < 4.78 is 27.6. The minimum Gasteiger partial charge on any atom is -0.368 e. The van der Waals surface area contributed by atoms with E-state index in [0.717, 1.165) is 19.4 Å². The number of amides is 2. The number of nitrogens with two attached hydrogens (primary N) is 1. The van der Waals surface area contributed by atoms with Crippen LogP contribution in [0.3, 0.4) is 0 Å². The first-order valence-electron chi connectivity index (χ1n) is 10.7. The topological polar surface area (TPSA) is 104 Å². The number of primary amides is 1. The van der Waals surface area contributed by atoms with Gasteiger partial charge in [0.15, 0.2) is 0 Å². The molecule has 30 heavy (non-hydrogen) atoms. The summed E-state index contributed by atoms with van der Waals surface area (Å²) in [6, 6.07) is 6.16. The van der Waals surface area contributed by atoms with Crippen molar-refractivity contribution in [2.24, 2.45) is 5.73 Å². The molecular weight excluding hydrogens is 404 g/mol. The monoisotopic (exact) mass is 436 g/mol. The van der Waals surface area contributed by atoms with Crippen LogP contribution in [-0.4, -0.2) is 79.1 Å². The summed E-state index contributed by atoms with van der Waals surface area (Å²) in [5.41, 5.74) is 6.01. The summed E-state index contributed by atoms with van der Waals surface area (Å²) in [6.45, 7) is 6.71. The normalized spacial score (nSPS) is 21.6. The van der Waals surface area contributed by atoms with Gasteiger partial charge in [-0.3, -0.25) is 14.5 Å². The summed E-state index contributed by atoms with van der Waals surface area (Å²) in [7, 11) is -3.61. The van der Waals surface area contributed by atoms with Gasteiger partial charge in [0, 0.05) is 37.8 Å². The van der Waals surface area contributed by atoms with Crippen molar-refractivity contribution in [1.29, 1.82) is 0 Å². The Morgan fingerprint density at radius 2 is 1.63 bits per heavy atom. The van der Waals surface area contributed by atoms with Crippen molar-refractivity contribution < 1.29 is 18.0 Å². The van der Waals surface area contributed by atoms with Crippen molar-refractivity contribution >= 4 is 21.8 Å². The molecule has 1 aromatic rings. The fourth-order valence-corrected chi connectivity index (χ4v) is 6.03. The maximum Gasteiger partial charge on any atom is 0.253 e. The number of sulfonamides is 1. The molecule has 0 saturated carbocycles. The molecule has 2 amide bonds. The first kappa shape index (κ1) is 22.7. The van der Waals surface area contributed by atoms with Crippen molar-refractivity contribution in [3.8, 4) is 0 Å². The van der Waals surface area contributed by atoms with Gasteiger partial charge in [-0.2, -0.15) is 4.31 Å². The highest BCUT2D eigenvalue weighted by atomic mass is 32.2. The Kier molecular flexibility index (Phi) is 7.15. The third kappa shape index (κ3) is 4.53. The van der Waals surface area contributed by atoms with E-state index in [1.165, 1.54) is 16.4 Å².